The number of carbonyl (C=O) groups excluding carboxylic acids is 1. The number of H-pyrrole nitrogens is 1. The number of carbonyl (C=O) groups is 1. The van der Waals surface area contributed by atoms with Gasteiger partial charge in [0, 0.05) is 24.2 Å². The van der Waals surface area contributed by atoms with Crippen molar-refractivity contribution in [1.29, 1.82) is 0 Å². The summed E-state index contributed by atoms with van der Waals surface area (Å²) < 4.78 is 12.9. The molecule has 0 bridgehead atoms. The lowest BCUT2D eigenvalue weighted by Gasteiger charge is -2.07. The summed E-state index contributed by atoms with van der Waals surface area (Å²) in [5.41, 5.74) is 2.55. The van der Waals surface area contributed by atoms with Crippen LogP contribution in [-0.4, -0.2) is 27.8 Å². The minimum atomic E-state index is -0.302. The summed E-state index contributed by atoms with van der Waals surface area (Å²) in [5.74, 6) is 0.845. The van der Waals surface area contributed by atoms with Crippen molar-refractivity contribution in [2.24, 2.45) is 0 Å². The highest BCUT2D eigenvalue weighted by molar-refractivity contribution is 5.89. The fourth-order valence-corrected chi connectivity index (χ4v) is 2.33. The molecule has 0 atom stereocenters. The van der Waals surface area contributed by atoms with Gasteiger partial charge in [0.15, 0.2) is 5.82 Å². The molecule has 1 aromatic heterocycles. The van der Waals surface area contributed by atoms with Crippen LogP contribution in [0.5, 0.6) is 0 Å². The van der Waals surface area contributed by atoms with Crippen LogP contribution in [0.3, 0.4) is 0 Å². The Balaban J connectivity index is 1.49. The molecule has 0 fully saturated rings. The molecule has 0 aliphatic rings. The van der Waals surface area contributed by atoms with E-state index in [-0.39, 0.29) is 11.8 Å². The maximum atomic E-state index is 12.9. The Morgan fingerprint density at radius 2 is 2.00 bits per heavy atom. The third kappa shape index (κ3) is 4.63. The predicted molar refractivity (Wildman–Crippen MR) is 93.7 cm³/mol. The fraction of sp³-hybridized carbons (Fsp3) is 0.167. The first-order valence-corrected chi connectivity index (χ1v) is 7.89. The van der Waals surface area contributed by atoms with Crippen LogP contribution in [0.15, 0.2) is 48.5 Å². The highest BCUT2D eigenvalue weighted by Gasteiger charge is 2.07. The highest BCUT2D eigenvalue weighted by Crippen LogP contribution is 2.15. The fourth-order valence-electron chi connectivity index (χ4n) is 2.33. The zero-order chi connectivity index (χ0) is 17.6. The zero-order valence-corrected chi connectivity index (χ0v) is 13.7. The number of hydrogen-bond donors (Lipinski definition) is 3. The molecule has 0 unspecified atom stereocenters. The van der Waals surface area contributed by atoms with Crippen molar-refractivity contribution in [3.8, 4) is 11.4 Å². The molecule has 3 rings (SSSR count). The summed E-state index contributed by atoms with van der Waals surface area (Å²) in [6.45, 7) is 2.38. The number of rotatable bonds is 5. The number of aromatic nitrogens is 3. The molecular formula is C18H18FN5O. The van der Waals surface area contributed by atoms with Crippen LogP contribution in [0, 0.1) is 12.7 Å². The lowest BCUT2D eigenvalue weighted by molar-refractivity contribution is 0.252. The highest BCUT2D eigenvalue weighted by atomic mass is 19.1. The van der Waals surface area contributed by atoms with Crippen LogP contribution in [0.2, 0.25) is 0 Å². The Morgan fingerprint density at radius 3 is 2.76 bits per heavy atom. The number of aromatic amines is 1. The molecule has 3 N–H and O–H groups in total. The summed E-state index contributed by atoms with van der Waals surface area (Å²) >= 11 is 0. The number of anilines is 1. The molecule has 1 heterocycles. The smallest absolute Gasteiger partial charge is 0.319 e. The third-order valence-corrected chi connectivity index (χ3v) is 3.56. The lowest BCUT2D eigenvalue weighted by Crippen LogP contribution is -2.30. The van der Waals surface area contributed by atoms with Crippen LogP contribution in [0.4, 0.5) is 14.9 Å². The number of urea groups is 1. The molecule has 0 spiro atoms. The van der Waals surface area contributed by atoms with Crippen molar-refractivity contribution < 1.29 is 9.18 Å². The van der Waals surface area contributed by atoms with Crippen molar-refractivity contribution in [3.63, 3.8) is 0 Å². The van der Waals surface area contributed by atoms with Crippen LogP contribution in [0.25, 0.3) is 11.4 Å². The maximum absolute atomic E-state index is 12.9. The summed E-state index contributed by atoms with van der Waals surface area (Å²) in [6.07, 6.45) is 0.509. The summed E-state index contributed by atoms with van der Waals surface area (Å²) in [7, 11) is 0. The van der Waals surface area contributed by atoms with Gasteiger partial charge in [0.1, 0.15) is 11.6 Å². The van der Waals surface area contributed by atoms with Gasteiger partial charge in [-0.15, -0.1) is 0 Å². The summed E-state index contributed by atoms with van der Waals surface area (Å²) in [6, 6.07) is 13.3. The van der Waals surface area contributed by atoms with Gasteiger partial charge in [0.25, 0.3) is 0 Å². The molecule has 25 heavy (non-hydrogen) atoms. The number of aryl methyl sites for hydroxylation is 1. The third-order valence-electron chi connectivity index (χ3n) is 3.56. The number of benzene rings is 2. The first-order chi connectivity index (χ1) is 12.1. The van der Waals surface area contributed by atoms with Gasteiger partial charge < -0.3 is 10.6 Å². The second-order valence-corrected chi connectivity index (χ2v) is 5.61. The molecule has 0 aliphatic carbocycles. The normalized spacial score (nSPS) is 10.5. The van der Waals surface area contributed by atoms with E-state index in [4.69, 9.17) is 0 Å². The minimum absolute atomic E-state index is 0.274. The van der Waals surface area contributed by atoms with Crippen molar-refractivity contribution in [3.05, 3.63) is 65.7 Å². The average Bonchev–Trinajstić information content (AvgIpc) is 3.04. The Hall–Kier alpha value is -3.22. The largest absolute Gasteiger partial charge is 0.337 e. The average molecular weight is 339 g/mol. The van der Waals surface area contributed by atoms with Gasteiger partial charge in [-0.25, -0.2) is 14.2 Å². The maximum Gasteiger partial charge on any atom is 0.319 e. The Kier molecular flexibility index (Phi) is 5.03. The Labute approximate surface area is 144 Å². The first-order valence-electron chi connectivity index (χ1n) is 7.89. The van der Waals surface area contributed by atoms with E-state index < -0.39 is 0 Å². The molecule has 2 amide bonds. The Morgan fingerprint density at radius 1 is 1.20 bits per heavy atom. The van der Waals surface area contributed by atoms with Crippen molar-refractivity contribution >= 4 is 11.7 Å². The molecule has 128 valence electrons. The van der Waals surface area contributed by atoms with Crippen LogP contribution in [-0.2, 0) is 6.42 Å². The lowest BCUT2D eigenvalue weighted by atomic mass is 10.2. The second kappa shape index (κ2) is 7.57. The van der Waals surface area contributed by atoms with E-state index in [9.17, 15) is 9.18 Å². The Bertz CT molecular complexity index is 860. The van der Waals surface area contributed by atoms with E-state index in [2.05, 4.69) is 25.8 Å². The molecule has 6 nitrogen and oxygen atoms in total. The van der Waals surface area contributed by atoms with E-state index in [1.807, 2.05) is 31.2 Å². The SMILES string of the molecule is Cc1cccc(NC(=O)NCCc2nc(-c3ccc(F)cc3)n[nH]2)c1. The van der Waals surface area contributed by atoms with Gasteiger partial charge in [-0.05, 0) is 48.9 Å². The monoisotopic (exact) mass is 339 g/mol. The molecule has 0 saturated heterocycles. The van der Waals surface area contributed by atoms with E-state index in [1.54, 1.807) is 12.1 Å². The molecule has 0 aliphatic heterocycles. The molecule has 7 heteroatoms. The van der Waals surface area contributed by atoms with E-state index in [0.29, 0.717) is 24.6 Å². The number of halogens is 1. The zero-order valence-electron chi connectivity index (χ0n) is 13.7. The van der Waals surface area contributed by atoms with Gasteiger partial charge >= 0.3 is 6.03 Å². The molecule has 0 radical (unpaired) electrons. The van der Waals surface area contributed by atoms with Crippen molar-refractivity contribution in [2.45, 2.75) is 13.3 Å². The van der Waals surface area contributed by atoms with Crippen LogP contribution >= 0.6 is 0 Å². The number of nitrogens with one attached hydrogen (secondary N) is 3. The topological polar surface area (TPSA) is 82.7 Å². The molecule has 2 aromatic carbocycles. The summed E-state index contributed by atoms with van der Waals surface area (Å²) in [5, 5.41) is 12.5. The van der Waals surface area contributed by atoms with Crippen LogP contribution in [0.1, 0.15) is 11.4 Å². The quantitative estimate of drug-likeness (QED) is 0.667. The number of nitrogens with zero attached hydrogens (tertiary/aromatic N) is 2. The van der Waals surface area contributed by atoms with E-state index in [1.165, 1.54) is 12.1 Å². The van der Waals surface area contributed by atoms with Crippen molar-refractivity contribution in [2.75, 3.05) is 11.9 Å². The molecule has 3 aromatic rings. The minimum Gasteiger partial charge on any atom is -0.337 e. The summed E-state index contributed by atoms with van der Waals surface area (Å²) in [4.78, 5) is 16.2. The predicted octanol–water partition coefficient (Wildman–Crippen LogP) is 3.28. The van der Waals surface area contributed by atoms with Crippen molar-refractivity contribution in [1.82, 2.24) is 20.5 Å². The van der Waals surface area contributed by atoms with E-state index in [0.717, 1.165) is 16.8 Å². The van der Waals surface area contributed by atoms with Gasteiger partial charge in [0.05, 0.1) is 0 Å². The van der Waals surface area contributed by atoms with E-state index >= 15 is 0 Å². The van der Waals surface area contributed by atoms with Gasteiger partial charge in [0.2, 0.25) is 0 Å². The van der Waals surface area contributed by atoms with Gasteiger partial charge in [-0.1, -0.05) is 12.1 Å². The van der Waals surface area contributed by atoms with Crippen LogP contribution < -0.4 is 10.6 Å². The van der Waals surface area contributed by atoms with Gasteiger partial charge in [-0.2, -0.15) is 5.10 Å². The van der Waals surface area contributed by atoms with Gasteiger partial charge in [-0.3, -0.25) is 5.10 Å². The second-order valence-electron chi connectivity index (χ2n) is 5.61. The first kappa shape index (κ1) is 16.6. The molecular weight excluding hydrogens is 321 g/mol. The molecule has 0 saturated carbocycles. The standard InChI is InChI=1S/C18H18FN5O/c1-12-3-2-4-15(11-12)21-18(25)20-10-9-16-22-17(24-23-16)13-5-7-14(19)8-6-13/h2-8,11H,9-10H2,1H3,(H2,20,21,25)(H,22,23,24). The number of hydrogen-bond acceptors (Lipinski definition) is 3. The number of amides is 2.